The number of methoxy groups -OCH3 is 1. The number of nitrogens with one attached hydrogen (secondary N) is 3. The highest BCUT2D eigenvalue weighted by Gasteiger charge is 2.38. The fraction of sp³-hybridized carbons (Fsp3) is 0.463. The number of aliphatic imine (C=N–C) groups is 1. The molecule has 0 radical (unpaired) electrons. The molecule has 5 aromatic rings. The second kappa shape index (κ2) is 16.2. The molecular weight excluding hydrogens is 715 g/mol. The van der Waals surface area contributed by atoms with Crippen molar-refractivity contribution in [2.75, 3.05) is 27.3 Å². The molecule has 15 nitrogen and oxygen atoms in total. The lowest BCUT2D eigenvalue weighted by atomic mass is 10.0. The molecule has 2 saturated heterocycles. The van der Waals surface area contributed by atoms with Crippen LogP contribution in [0.15, 0.2) is 53.8 Å². The van der Waals surface area contributed by atoms with Crippen LogP contribution in [0.3, 0.4) is 0 Å². The summed E-state index contributed by atoms with van der Waals surface area (Å²) < 4.78 is 6.97. The highest BCUT2D eigenvalue weighted by molar-refractivity contribution is 6.09. The Hall–Kier alpha value is -5.70. The first-order valence-electron chi connectivity index (χ1n) is 19.3. The van der Waals surface area contributed by atoms with Gasteiger partial charge in [0.1, 0.15) is 23.7 Å². The Morgan fingerprint density at radius 1 is 0.821 bits per heavy atom. The molecule has 2 aliphatic heterocycles. The van der Waals surface area contributed by atoms with E-state index in [2.05, 4.69) is 73.2 Å². The van der Waals surface area contributed by atoms with E-state index >= 15 is 0 Å². The van der Waals surface area contributed by atoms with Crippen LogP contribution in [0.2, 0.25) is 0 Å². The van der Waals surface area contributed by atoms with E-state index in [1.165, 1.54) is 20.6 Å². The van der Waals surface area contributed by atoms with Gasteiger partial charge in [-0.15, -0.1) is 0 Å². The number of alkyl carbamates (subject to hydrolysis) is 1. The number of aryl methyl sites for hydroxylation is 1. The summed E-state index contributed by atoms with van der Waals surface area (Å²) in [5, 5.41) is 4.97. The molecule has 56 heavy (non-hydrogen) atoms. The molecule has 2 aromatic carbocycles. The Morgan fingerprint density at radius 3 is 1.84 bits per heavy atom. The van der Waals surface area contributed by atoms with Crippen LogP contribution >= 0.6 is 0 Å². The third-order valence-electron chi connectivity index (χ3n) is 11.2. The van der Waals surface area contributed by atoms with Crippen molar-refractivity contribution in [2.45, 2.75) is 77.5 Å². The molecule has 15 heteroatoms. The Bertz CT molecular complexity index is 2250. The third kappa shape index (κ3) is 7.34. The number of aromatic amines is 2. The monoisotopic (exact) mass is 765 g/mol. The predicted octanol–water partition coefficient (Wildman–Crippen LogP) is 6.45. The molecule has 0 bridgehead atoms. The van der Waals surface area contributed by atoms with Gasteiger partial charge in [0.25, 0.3) is 0 Å². The van der Waals surface area contributed by atoms with Crippen LogP contribution in [-0.4, -0.2) is 98.0 Å². The molecule has 7 rings (SSSR count). The van der Waals surface area contributed by atoms with Gasteiger partial charge in [0.2, 0.25) is 18.2 Å². The normalized spacial score (nSPS) is 18.5. The van der Waals surface area contributed by atoms with Gasteiger partial charge in [-0.1, -0.05) is 52.0 Å². The van der Waals surface area contributed by atoms with Crippen molar-refractivity contribution >= 4 is 46.1 Å². The van der Waals surface area contributed by atoms with Crippen LogP contribution in [0.4, 0.5) is 4.79 Å². The molecule has 4 atom stereocenters. The molecule has 2 aliphatic rings. The van der Waals surface area contributed by atoms with Crippen LogP contribution in [0.25, 0.3) is 44.3 Å². The van der Waals surface area contributed by atoms with Gasteiger partial charge in [-0.3, -0.25) is 9.59 Å². The minimum Gasteiger partial charge on any atom is -0.453 e. The minimum absolute atomic E-state index is 0.0183. The van der Waals surface area contributed by atoms with Gasteiger partial charge in [-0.2, -0.15) is 4.89 Å². The lowest BCUT2D eigenvalue weighted by Gasteiger charge is -2.30. The molecule has 2 fully saturated rings. The first-order chi connectivity index (χ1) is 27.0. The second-order valence-electron chi connectivity index (χ2n) is 15.3. The predicted molar refractivity (Wildman–Crippen MR) is 212 cm³/mol. The summed E-state index contributed by atoms with van der Waals surface area (Å²) in [6, 6.07) is 11.1. The summed E-state index contributed by atoms with van der Waals surface area (Å²) >= 11 is 0. The molecule has 0 spiro atoms. The number of nitrogens with zero attached hydrogens (tertiary/aromatic N) is 6. The molecular formula is C41H51N9O6. The number of imidazole rings is 2. The first-order valence-corrected chi connectivity index (χ1v) is 19.3. The van der Waals surface area contributed by atoms with E-state index in [9.17, 15) is 14.4 Å². The van der Waals surface area contributed by atoms with E-state index in [4.69, 9.17) is 19.6 Å². The number of hydrogen-bond donors (Lipinski definition) is 3. The molecule has 296 valence electrons. The largest absolute Gasteiger partial charge is 0.453 e. The number of hydrogen-bond acceptors (Lipinski definition) is 9. The van der Waals surface area contributed by atoms with E-state index in [0.29, 0.717) is 13.1 Å². The highest BCUT2D eigenvalue weighted by atomic mass is 17.2. The Morgan fingerprint density at radius 2 is 1.36 bits per heavy atom. The van der Waals surface area contributed by atoms with Gasteiger partial charge in [0.05, 0.1) is 50.1 Å². The van der Waals surface area contributed by atoms with E-state index in [0.717, 1.165) is 81.7 Å². The third-order valence-corrected chi connectivity index (χ3v) is 11.2. The lowest BCUT2D eigenvalue weighted by molar-refractivity contribution is -0.188. The maximum atomic E-state index is 13.6. The maximum absolute atomic E-state index is 13.6. The lowest BCUT2D eigenvalue weighted by Crippen LogP contribution is -2.51. The van der Waals surface area contributed by atoms with Crippen LogP contribution in [0.1, 0.15) is 77.1 Å². The molecule has 0 aliphatic carbocycles. The Labute approximate surface area is 325 Å². The minimum atomic E-state index is -0.693. The summed E-state index contributed by atoms with van der Waals surface area (Å²) in [5.74, 6) is 1.16. The van der Waals surface area contributed by atoms with Gasteiger partial charge in [-0.25, -0.2) is 19.8 Å². The van der Waals surface area contributed by atoms with E-state index in [1.54, 1.807) is 0 Å². The van der Waals surface area contributed by atoms with Crippen LogP contribution in [-0.2, 0) is 31.1 Å². The fourth-order valence-electron chi connectivity index (χ4n) is 8.18. The standard InChI is InChI=1S/C41H51N9O6/c1-23(2)35(44-22-56-55-7)39(51)49-16-8-10-31(49)37-42-20-29(45-37)25-12-14-27-28-15-13-26(19-34(28)48(5)33(27)18-25)30-21-43-38(46-30)32-11-9-17-50(32)40(52)36(24(3)4)47-41(53)54-6/h12-15,18-24,31-32,35-36H,8-11,16-17H2,1-7H3,(H,42,45)(H,43,46)(H,47,53)/b44-22-/t31-,32-,35-,36-/m0/s1. The summed E-state index contributed by atoms with van der Waals surface area (Å²) in [7, 11) is 4.76. The van der Waals surface area contributed by atoms with Gasteiger partial charge < -0.3 is 39.3 Å². The van der Waals surface area contributed by atoms with Crippen molar-refractivity contribution in [1.82, 2.24) is 39.6 Å². The highest BCUT2D eigenvalue weighted by Crippen LogP contribution is 2.37. The van der Waals surface area contributed by atoms with E-state index in [1.807, 2.05) is 49.9 Å². The fourth-order valence-corrected chi connectivity index (χ4v) is 8.18. The summed E-state index contributed by atoms with van der Waals surface area (Å²) in [6.07, 6.45) is 7.55. The zero-order chi connectivity index (χ0) is 39.7. The number of carbonyl (C=O) groups is 3. The average Bonchev–Trinajstić information content (AvgIpc) is 4.05. The average molecular weight is 766 g/mol. The number of likely N-dealkylation sites (tertiary alicyclic amines) is 2. The zero-order valence-electron chi connectivity index (χ0n) is 33.0. The molecule has 5 heterocycles. The van der Waals surface area contributed by atoms with Crippen molar-refractivity contribution in [1.29, 1.82) is 0 Å². The zero-order valence-corrected chi connectivity index (χ0v) is 33.0. The second-order valence-corrected chi connectivity index (χ2v) is 15.3. The van der Waals surface area contributed by atoms with Gasteiger partial charge in [0.15, 0.2) is 0 Å². The van der Waals surface area contributed by atoms with Gasteiger partial charge in [-0.05, 0) is 49.7 Å². The Balaban J connectivity index is 1.11. The topological polar surface area (TPSA) is 172 Å². The van der Waals surface area contributed by atoms with Gasteiger partial charge >= 0.3 is 6.09 Å². The molecule has 3 N–H and O–H groups in total. The van der Waals surface area contributed by atoms with Crippen molar-refractivity contribution in [3.05, 3.63) is 60.4 Å². The summed E-state index contributed by atoms with van der Waals surface area (Å²) in [6.45, 7) is 8.97. The van der Waals surface area contributed by atoms with Crippen LogP contribution in [0, 0.1) is 11.8 Å². The van der Waals surface area contributed by atoms with Crippen molar-refractivity contribution < 1.29 is 28.9 Å². The number of amides is 3. The number of rotatable bonds is 12. The van der Waals surface area contributed by atoms with Crippen molar-refractivity contribution in [2.24, 2.45) is 23.9 Å². The number of fused-ring (bicyclic) bond motifs is 3. The van der Waals surface area contributed by atoms with E-state index < -0.39 is 18.2 Å². The quantitative estimate of drug-likeness (QED) is 0.0563. The Kier molecular flexibility index (Phi) is 11.1. The number of ether oxygens (including phenoxy) is 1. The number of H-pyrrole nitrogens is 2. The summed E-state index contributed by atoms with van der Waals surface area (Å²) in [5.41, 5.74) is 5.86. The number of aromatic nitrogens is 5. The van der Waals surface area contributed by atoms with Crippen molar-refractivity contribution in [3.8, 4) is 22.5 Å². The molecule has 0 saturated carbocycles. The van der Waals surface area contributed by atoms with E-state index in [-0.39, 0.29) is 35.7 Å². The van der Waals surface area contributed by atoms with Crippen LogP contribution in [0.5, 0.6) is 0 Å². The molecule has 0 unspecified atom stereocenters. The first kappa shape index (κ1) is 38.6. The number of benzene rings is 2. The van der Waals surface area contributed by atoms with Gasteiger partial charge in [0, 0.05) is 53.1 Å². The molecule has 3 aromatic heterocycles. The SMILES string of the molecule is COO/C=N\[C@H](C(=O)N1CCC[C@H]1c1ncc(-c2ccc3c4ccc(-c5cnc([C@@H]6CCCN6C(=O)[C@@H](NC(=O)OC)C(C)C)[nH]5)cc4n(C)c3c2)[nH]1)C(C)C. The van der Waals surface area contributed by atoms with Crippen LogP contribution < -0.4 is 5.32 Å². The smallest absolute Gasteiger partial charge is 0.407 e. The summed E-state index contributed by atoms with van der Waals surface area (Å²) in [4.78, 5) is 73.3. The number of carbonyl (C=O) groups excluding carboxylic acids is 3. The maximum Gasteiger partial charge on any atom is 0.407 e. The molecule has 3 amide bonds. The van der Waals surface area contributed by atoms with Crippen molar-refractivity contribution in [3.63, 3.8) is 0 Å².